The van der Waals surface area contributed by atoms with Crippen molar-refractivity contribution in [1.29, 1.82) is 0 Å². The lowest BCUT2D eigenvalue weighted by molar-refractivity contribution is 0.0947. The van der Waals surface area contributed by atoms with Crippen molar-refractivity contribution < 1.29 is 9.18 Å². The smallest absolute Gasteiger partial charge is 0.281 e. The van der Waals surface area contributed by atoms with Crippen LogP contribution in [0.3, 0.4) is 0 Å². The number of H-pyrrole nitrogens is 1. The molecule has 1 aliphatic rings. The van der Waals surface area contributed by atoms with Gasteiger partial charge in [-0.1, -0.05) is 39.3 Å². The lowest BCUT2D eigenvalue weighted by Gasteiger charge is -2.36. The van der Waals surface area contributed by atoms with Gasteiger partial charge >= 0.3 is 0 Å². The van der Waals surface area contributed by atoms with Crippen molar-refractivity contribution in [3.8, 4) is 0 Å². The summed E-state index contributed by atoms with van der Waals surface area (Å²) in [7, 11) is 0. The number of hydrogen-bond acceptors (Lipinski definition) is 3. The largest absolute Gasteiger partial charge is 0.292 e. The molecule has 2 aromatic rings. The number of amides is 1. The third-order valence-corrected chi connectivity index (χ3v) is 5.63. The number of aromatic nitrogens is 2. The van der Waals surface area contributed by atoms with Gasteiger partial charge in [0, 0.05) is 11.3 Å². The molecular formula is C20H25FN4O. The minimum Gasteiger partial charge on any atom is -0.281 e. The van der Waals surface area contributed by atoms with Gasteiger partial charge in [0.15, 0.2) is 5.69 Å². The van der Waals surface area contributed by atoms with Gasteiger partial charge in [0.25, 0.3) is 5.91 Å². The summed E-state index contributed by atoms with van der Waals surface area (Å²) in [5.74, 6) is -0.0958. The van der Waals surface area contributed by atoms with Crippen LogP contribution in [0.15, 0.2) is 29.4 Å². The molecule has 0 saturated carbocycles. The maximum atomic E-state index is 12.9. The fraction of sp³-hybridized carbons (Fsp3) is 0.450. The maximum Gasteiger partial charge on any atom is 0.292 e. The van der Waals surface area contributed by atoms with Crippen LogP contribution in [0.4, 0.5) is 4.39 Å². The molecular weight excluding hydrogens is 331 g/mol. The molecule has 0 bridgehead atoms. The number of hydrazone groups is 1. The van der Waals surface area contributed by atoms with Crippen LogP contribution in [-0.2, 0) is 12.8 Å². The number of nitrogens with zero attached hydrogens (tertiary/aromatic N) is 2. The highest BCUT2D eigenvalue weighted by Crippen LogP contribution is 2.40. The van der Waals surface area contributed by atoms with Gasteiger partial charge in [0.2, 0.25) is 0 Å². The summed E-state index contributed by atoms with van der Waals surface area (Å²) in [5.41, 5.74) is 5.96. The van der Waals surface area contributed by atoms with E-state index >= 15 is 0 Å². The summed E-state index contributed by atoms with van der Waals surface area (Å²) in [4.78, 5) is 12.5. The molecule has 1 aromatic heterocycles. The zero-order valence-corrected chi connectivity index (χ0v) is 15.5. The van der Waals surface area contributed by atoms with Crippen LogP contribution in [-0.4, -0.2) is 22.3 Å². The van der Waals surface area contributed by atoms with Gasteiger partial charge in [0.05, 0.1) is 6.21 Å². The van der Waals surface area contributed by atoms with Crippen molar-refractivity contribution in [2.45, 2.75) is 46.5 Å². The summed E-state index contributed by atoms with van der Waals surface area (Å²) in [6.07, 6.45) is 5.48. The molecule has 26 heavy (non-hydrogen) atoms. The summed E-state index contributed by atoms with van der Waals surface area (Å²) >= 11 is 0. The summed E-state index contributed by atoms with van der Waals surface area (Å²) in [6.45, 7) is 6.79. The average molecular weight is 356 g/mol. The van der Waals surface area contributed by atoms with Crippen LogP contribution in [0.5, 0.6) is 0 Å². The fourth-order valence-corrected chi connectivity index (χ4v) is 3.41. The van der Waals surface area contributed by atoms with Gasteiger partial charge in [-0.3, -0.25) is 9.89 Å². The van der Waals surface area contributed by atoms with Crippen molar-refractivity contribution in [2.75, 3.05) is 0 Å². The minimum absolute atomic E-state index is 0.240. The van der Waals surface area contributed by atoms with E-state index < -0.39 is 0 Å². The Balaban J connectivity index is 1.70. The second-order valence-corrected chi connectivity index (χ2v) is 7.56. The first kappa shape index (κ1) is 18.3. The van der Waals surface area contributed by atoms with Crippen LogP contribution >= 0.6 is 0 Å². The summed E-state index contributed by atoms with van der Waals surface area (Å²) < 4.78 is 12.9. The predicted molar refractivity (Wildman–Crippen MR) is 99.6 cm³/mol. The highest BCUT2D eigenvalue weighted by atomic mass is 19.1. The molecule has 1 heterocycles. The molecule has 1 amide bonds. The zero-order valence-electron chi connectivity index (χ0n) is 15.5. The van der Waals surface area contributed by atoms with E-state index in [0.717, 1.165) is 36.9 Å². The van der Waals surface area contributed by atoms with E-state index in [9.17, 15) is 9.18 Å². The molecule has 0 radical (unpaired) electrons. The second-order valence-electron chi connectivity index (χ2n) is 7.56. The minimum atomic E-state index is -0.323. The first-order valence-corrected chi connectivity index (χ1v) is 9.06. The maximum absolute atomic E-state index is 12.9. The van der Waals surface area contributed by atoms with E-state index in [2.05, 4.69) is 41.5 Å². The highest BCUT2D eigenvalue weighted by molar-refractivity contribution is 5.94. The molecule has 1 aromatic carbocycles. The Morgan fingerprint density at radius 3 is 2.85 bits per heavy atom. The number of aromatic amines is 1. The molecule has 1 atom stereocenters. The Bertz CT molecular complexity index is 808. The molecule has 2 N–H and O–H groups in total. The molecule has 5 nitrogen and oxygen atoms in total. The van der Waals surface area contributed by atoms with Crippen LogP contribution in [0.2, 0.25) is 0 Å². The number of aryl methyl sites for hydroxylation is 1. The molecule has 1 aliphatic carbocycles. The Labute approximate surface area is 153 Å². The topological polar surface area (TPSA) is 70.1 Å². The first-order chi connectivity index (χ1) is 12.4. The molecule has 0 saturated heterocycles. The van der Waals surface area contributed by atoms with Crippen molar-refractivity contribution in [3.05, 3.63) is 52.6 Å². The van der Waals surface area contributed by atoms with Crippen LogP contribution in [0.25, 0.3) is 0 Å². The van der Waals surface area contributed by atoms with E-state index in [-0.39, 0.29) is 17.1 Å². The molecule has 0 spiro atoms. The normalized spacial score (nSPS) is 17.3. The number of fused-ring (bicyclic) bond motifs is 1. The van der Waals surface area contributed by atoms with E-state index in [0.29, 0.717) is 17.2 Å². The Morgan fingerprint density at radius 2 is 2.15 bits per heavy atom. The van der Waals surface area contributed by atoms with Crippen molar-refractivity contribution in [1.82, 2.24) is 15.6 Å². The molecule has 0 fully saturated rings. The van der Waals surface area contributed by atoms with Gasteiger partial charge in [-0.2, -0.15) is 10.2 Å². The molecule has 3 rings (SSSR count). The van der Waals surface area contributed by atoms with Crippen molar-refractivity contribution >= 4 is 12.1 Å². The van der Waals surface area contributed by atoms with Crippen molar-refractivity contribution in [2.24, 2.45) is 16.4 Å². The Hall–Kier alpha value is -2.50. The monoisotopic (exact) mass is 356 g/mol. The van der Waals surface area contributed by atoms with E-state index in [1.165, 1.54) is 18.3 Å². The lowest BCUT2D eigenvalue weighted by atomic mass is 9.69. The van der Waals surface area contributed by atoms with Crippen LogP contribution in [0.1, 0.15) is 60.9 Å². The predicted octanol–water partition coefficient (Wildman–Crippen LogP) is 3.85. The number of hydrogen-bond donors (Lipinski definition) is 2. The molecule has 1 unspecified atom stereocenters. The van der Waals surface area contributed by atoms with Gasteiger partial charge in [-0.25, -0.2) is 9.82 Å². The highest BCUT2D eigenvalue weighted by Gasteiger charge is 2.34. The van der Waals surface area contributed by atoms with Gasteiger partial charge in [0.1, 0.15) is 5.82 Å². The van der Waals surface area contributed by atoms with Gasteiger partial charge < -0.3 is 0 Å². The molecule has 0 aliphatic heterocycles. The van der Waals surface area contributed by atoms with Gasteiger partial charge in [-0.15, -0.1) is 0 Å². The SMILES string of the molecule is CCC(C)(C)C1CCc2[nH]nc(C(=O)N/N=C\c3ccc(F)cc3)c2C1. The summed E-state index contributed by atoms with van der Waals surface area (Å²) in [5, 5.41) is 11.2. The number of carbonyl (C=O) groups is 1. The number of nitrogens with one attached hydrogen (secondary N) is 2. The lowest BCUT2D eigenvalue weighted by Crippen LogP contribution is -2.30. The zero-order chi connectivity index (χ0) is 18.7. The number of benzene rings is 1. The third kappa shape index (κ3) is 3.84. The van der Waals surface area contributed by atoms with Crippen LogP contribution < -0.4 is 5.43 Å². The number of rotatable bonds is 5. The number of carbonyl (C=O) groups excluding carboxylic acids is 1. The van der Waals surface area contributed by atoms with Gasteiger partial charge in [-0.05, 0) is 48.3 Å². The Morgan fingerprint density at radius 1 is 1.42 bits per heavy atom. The van der Waals surface area contributed by atoms with Crippen molar-refractivity contribution in [3.63, 3.8) is 0 Å². The van der Waals surface area contributed by atoms with E-state index in [4.69, 9.17) is 0 Å². The van der Waals surface area contributed by atoms with Crippen LogP contribution in [0, 0.1) is 17.2 Å². The van der Waals surface area contributed by atoms with E-state index in [1.807, 2.05) is 0 Å². The Kier molecular flexibility index (Phi) is 5.20. The summed E-state index contributed by atoms with van der Waals surface area (Å²) in [6, 6.07) is 5.89. The first-order valence-electron chi connectivity index (χ1n) is 9.06. The molecule has 138 valence electrons. The standard InChI is InChI=1S/C20H25FN4O/c1-4-20(2,3)14-7-10-17-16(11-14)18(24-23-17)19(26)25-22-12-13-5-8-15(21)9-6-13/h5-6,8-9,12,14H,4,7,10-11H2,1-3H3,(H,23,24)(H,25,26)/b22-12-. The molecule has 6 heteroatoms. The second kappa shape index (κ2) is 7.40. The fourth-order valence-electron chi connectivity index (χ4n) is 3.41. The van der Waals surface area contributed by atoms with E-state index in [1.54, 1.807) is 12.1 Å². The average Bonchev–Trinajstić information content (AvgIpc) is 3.06. The number of halogens is 1. The quantitative estimate of drug-likeness (QED) is 0.631. The third-order valence-electron chi connectivity index (χ3n) is 5.63.